The van der Waals surface area contributed by atoms with Gasteiger partial charge in [0, 0.05) is 18.6 Å². The van der Waals surface area contributed by atoms with Gasteiger partial charge in [0.05, 0.1) is 22.8 Å². The van der Waals surface area contributed by atoms with Gasteiger partial charge in [0.25, 0.3) is 0 Å². The first-order valence-corrected chi connectivity index (χ1v) is 8.01. The Morgan fingerprint density at radius 1 is 1.40 bits per heavy atom. The van der Waals surface area contributed by atoms with E-state index in [1.165, 1.54) is 4.57 Å². The Kier molecular flexibility index (Phi) is 3.52. The van der Waals surface area contributed by atoms with Crippen molar-refractivity contribution >= 4 is 33.9 Å². The Balaban J connectivity index is 2.17. The maximum absolute atomic E-state index is 12.7. The second-order valence-corrected chi connectivity index (χ2v) is 5.96. The van der Waals surface area contributed by atoms with Crippen LogP contribution in [0.3, 0.4) is 0 Å². The number of hydrogen-bond donors (Lipinski definition) is 1. The molecule has 1 aliphatic rings. The highest BCUT2D eigenvalue weighted by Gasteiger charge is 2.20. The van der Waals surface area contributed by atoms with Gasteiger partial charge in [-0.1, -0.05) is 17.7 Å². The van der Waals surface area contributed by atoms with Gasteiger partial charge in [-0.25, -0.2) is 9.78 Å². The number of nitrogens with one attached hydrogen (secondary N) is 1. The van der Waals surface area contributed by atoms with Crippen LogP contribution in [-0.2, 0) is 0 Å². The van der Waals surface area contributed by atoms with Crippen LogP contribution < -0.4 is 11.0 Å². The summed E-state index contributed by atoms with van der Waals surface area (Å²) in [5.74, 6) is 0.420. The molecule has 0 saturated heterocycles. The summed E-state index contributed by atoms with van der Waals surface area (Å²) in [5, 5.41) is 13.3. The van der Waals surface area contributed by atoms with E-state index in [-0.39, 0.29) is 5.15 Å². The number of anilines is 1. The van der Waals surface area contributed by atoms with E-state index < -0.39 is 5.69 Å². The Morgan fingerprint density at radius 3 is 2.84 bits per heavy atom. The minimum Gasteiger partial charge on any atom is -0.372 e. The topological polar surface area (TPSA) is 83.6 Å². The molecule has 25 heavy (non-hydrogen) atoms. The molecule has 0 fully saturated rings. The average molecular weight is 350 g/mol. The molecule has 0 amide bonds. The van der Waals surface area contributed by atoms with Crippen LogP contribution in [-0.4, -0.2) is 21.6 Å². The number of pyridine rings is 1. The smallest absolute Gasteiger partial charge is 0.354 e. The van der Waals surface area contributed by atoms with Gasteiger partial charge in [-0.05, 0) is 41.8 Å². The van der Waals surface area contributed by atoms with Crippen LogP contribution in [0.4, 0.5) is 5.82 Å². The van der Waals surface area contributed by atoms with Crippen molar-refractivity contribution in [3.05, 3.63) is 63.3 Å². The van der Waals surface area contributed by atoms with E-state index in [4.69, 9.17) is 11.6 Å². The summed E-state index contributed by atoms with van der Waals surface area (Å²) in [4.78, 5) is 20.8. The fraction of sp³-hybridized carbons (Fsp3) is 0.111. The summed E-state index contributed by atoms with van der Waals surface area (Å²) in [6, 6.07) is 9.24. The third kappa shape index (κ3) is 2.46. The predicted octanol–water partition coefficient (Wildman–Crippen LogP) is 3.13. The molecule has 2 aromatic heterocycles. The summed E-state index contributed by atoms with van der Waals surface area (Å²) in [5.41, 5.74) is 3.09. The number of benzene rings is 1. The zero-order chi connectivity index (χ0) is 17.6. The largest absolute Gasteiger partial charge is 0.372 e. The molecule has 6 nitrogen and oxygen atoms in total. The monoisotopic (exact) mass is 349 g/mol. The molecule has 3 aromatic rings. The Labute approximate surface area is 148 Å². The fourth-order valence-electron chi connectivity index (χ4n) is 2.87. The average Bonchev–Trinajstić information content (AvgIpc) is 3.46. The highest BCUT2D eigenvalue weighted by molar-refractivity contribution is 6.31. The minimum absolute atomic E-state index is 0.210. The number of hydrogen-bond acceptors (Lipinski definition) is 5. The van der Waals surface area contributed by atoms with Crippen molar-refractivity contribution in [1.82, 2.24) is 14.5 Å². The molecule has 0 atom stereocenters. The van der Waals surface area contributed by atoms with Crippen molar-refractivity contribution in [3.63, 3.8) is 0 Å². The summed E-state index contributed by atoms with van der Waals surface area (Å²) >= 11 is 6.20. The zero-order valence-corrected chi connectivity index (χ0v) is 14.0. The molecular weight excluding hydrogens is 338 g/mol. The van der Waals surface area contributed by atoms with Gasteiger partial charge < -0.3 is 5.32 Å². The lowest BCUT2D eigenvalue weighted by atomic mass is 10.0. The van der Waals surface area contributed by atoms with Crippen LogP contribution in [0.15, 0.2) is 41.3 Å². The number of nitrogens with zero attached hydrogens (tertiary/aromatic N) is 4. The summed E-state index contributed by atoms with van der Waals surface area (Å²) in [7, 11) is 1.69. The van der Waals surface area contributed by atoms with E-state index in [1.807, 2.05) is 12.1 Å². The molecule has 0 spiro atoms. The number of fused-ring (bicyclic) bond motifs is 1. The molecule has 0 aliphatic heterocycles. The van der Waals surface area contributed by atoms with E-state index in [2.05, 4.69) is 21.4 Å². The quantitative estimate of drug-likeness (QED) is 0.734. The first-order chi connectivity index (χ1) is 12.1. The van der Waals surface area contributed by atoms with Crippen molar-refractivity contribution in [3.8, 4) is 11.8 Å². The van der Waals surface area contributed by atoms with Crippen LogP contribution in [0, 0.1) is 11.3 Å². The van der Waals surface area contributed by atoms with Crippen LogP contribution in [0.2, 0.25) is 5.15 Å². The molecule has 7 heteroatoms. The third-order valence-electron chi connectivity index (χ3n) is 4.12. The van der Waals surface area contributed by atoms with Crippen molar-refractivity contribution in [2.45, 2.75) is 6.42 Å². The lowest BCUT2D eigenvalue weighted by Gasteiger charge is -2.14. The second kappa shape index (κ2) is 5.72. The molecule has 0 bridgehead atoms. The molecular formula is C18H12ClN5O. The molecule has 0 unspecified atom stereocenters. The van der Waals surface area contributed by atoms with Gasteiger partial charge in [0.2, 0.25) is 0 Å². The van der Waals surface area contributed by atoms with Crippen LogP contribution in [0.1, 0.15) is 17.5 Å². The highest BCUT2D eigenvalue weighted by Crippen LogP contribution is 2.36. The number of halogens is 1. The predicted molar refractivity (Wildman–Crippen MR) is 97.0 cm³/mol. The first-order valence-electron chi connectivity index (χ1n) is 7.63. The normalized spacial score (nSPS) is 12.6. The lowest BCUT2D eigenvalue weighted by molar-refractivity contribution is 0.952. The summed E-state index contributed by atoms with van der Waals surface area (Å²) < 4.78 is 1.43. The van der Waals surface area contributed by atoms with Crippen molar-refractivity contribution < 1.29 is 0 Å². The molecule has 4 rings (SSSR count). The van der Waals surface area contributed by atoms with Crippen LogP contribution in [0.5, 0.6) is 0 Å². The second-order valence-electron chi connectivity index (χ2n) is 5.60. The SMILES string of the molecule is CNc1nc(=O)n(-c2cccnc2Cl)c2cc(C3=CC3)c(C#N)cc12. The highest BCUT2D eigenvalue weighted by atomic mass is 35.5. The molecule has 1 aromatic carbocycles. The number of aromatic nitrogens is 3. The Bertz CT molecular complexity index is 1160. The maximum Gasteiger partial charge on any atom is 0.354 e. The molecule has 0 saturated carbocycles. The molecule has 1 N–H and O–H groups in total. The van der Waals surface area contributed by atoms with Crippen LogP contribution >= 0.6 is 11.6 Å². The van der Waals surface area contributed by atoms with Gasteiger partial charge in [-0.2, -0.15) is 10.2 Å². The molecule has 122 valence electrons. The number of allylic oxidation sites excluding steroid dienone is 2. The third-order valence-corrected chi connectivity index (χ3v) is 4.41. The number of nitriles is 1. The zero-order valence-electron chi connectivity index (χ0n) is 13.2. The van der Waals surface area contributed by atoms with Gasteiger partial charge in [0.1, 0.15) is 5.82 Å². The van der Waals surface area contributed by atoms with Gasteiger partial charge in [-0.15, -0.1) is 0 Å². The van der Waals surface area contributed by atoms with E-state index in [0.29, 0.717) is 28.0 Å². The summed E-state index contributed by atoms with van der Waals surface area (Å²) in [6.07, 6.45) is 4.45. The van der Waals surface area contributed by atoms with E-state index in [9.17, 15) is 10.1 Å². The standard InChI is InChI=1S/C18H12ClN5O/c1-21-17-13-7-11(9-20)12(10-4-5-10)8-15(13)24(18(25)23-17)14-3-2-6-22-16(14)19/h2-4,6-8H,5H2,1H3,(H,21,23,25). The maximum atomic E-state index is 12.7. The molecule has 1 aliphatic carbocycles. The van der Waals surface area contributed by atoms with Gasteiger partial charge in [0.15, 0.2) is 5.15 Å². The number of rotatable bonds is 3. The van der Waals surface area contributed by atoms with E-state index in [0.717, 1.165) is 17.6 Å². The minimum atomic E-state index is -0.466. The van der Waals surface area contributed by atoms with Crippen molar-refractivity contribution in [2.24, 2.45) is 0 Å². The van der Waals surface area contributed by atoms with Gasteiger partial charge >= 0.3 is 5.69 Å². The Hall–Kier alpha value is -3.17. The van der Waals surface area contributed by atoms with Crippen molar-refractivity contribution in [2.75, 3.05) is 12.4 Å². The van der Waals surface area contributed by atoms with Crippen molar-refractivity contribution in [1.29, 1.82) is 5.26 Å². The van der Waals surface area contributed by atoms with E-state index >= 15 is 0 Å². The molecule has 0 radical (unpaired) electrons. The fourth-order valence-corrected chi connectivity index (χ4v) is 3.07. The van der Waals surface area contributed by atoms with E-state index in [1.54, 1.807) is 31.4 Å². The summed E-state index contributed by atoms with van der Waals surface area (Å²) in [6.45, 7) is 0. The Morgan fingerprint density at radius 2 is 2.20 bits per heavy atom. The molecule has 2 heterocycles. The van der Waals surface area contributed by atoms with Gasteiger partial charge in [-0.3, -0.25) is 4.57 Å². The van der Waals surface area contributed by atoms with Crippen LogP contribution in [0.25, 0.3) is 22.2 Å². The lowest BCUT2D eigenvalue weighted by Crippen LogP contribution is -2.23. The first kappa shape index (κ1) is 15.4.